The summed E-state index contributed by atoms with van der Waals surface area (Å²) in [5, 5.41) is 14.4. The number of hydrogen-bond acceptors (Lipinski definition) is 5. The topological polar surface area (TPSA) is 86.5 Å². The maximum absolute atomic E-state index is 11.6. The molecule has 0 spiro atoms. The summed E-state index contributed by atoms with van der Waals surface area (Å²) in [6.45, 7) is 5.14. The second-order valence-electron chi connectivity index (χ2n) is 9.12. The molecule has 36 heavy (non-hydrogen) atoms. The molecule has 7 nitrogen and oxygen atoms in total. The molecule has 7 heteroatoms. The number of rotatable bonds is 15. The molecule has 194 valence electrons. The molecule has 0 aliphatic carbocycles. The molecule has 1 N–H and O–H groups in total. The molecule has 0 aliphatic rings. The number of nitrogens with zero attached hydrogens (tertiary/aromatic N) is 3. The molecule has 0 amide bonds. The number of carboxylic acid groups (broad SMARTS) is 1. The van der Waals surface area contributed by atoms with E-state index in [9.17, 15) is 9.90 Å². The van der Waals surface area contributed by atoms with Crippen LogP contribution in [0, 0.1) is 0 Å². The zero-order valence-electron chi connectivity index (χ0n) is 22.0. The Labute approximate surface area is 214 Å². The smallest absolute Gasteiger partial charge is 0.336 e. The third kappa shape index (κ3) is 6.59. The van der Waals surface area contributed by atoms with Gasteiger partial charge in [0, 0.05) is 33.6 Å². The monoisotopic (exact) mass is 493 g/mol. The van der Waals surface area contributed by atoms with E-state index in [4.69, 9.17) is 19.6 Å². The third-order valence-corrected chi connectivity index (χ3v) is 6.62. The van der Waals surface area contributed by atoms with Gasteiger partial charge in [0.25, 0.3) is 0 Å². The minimum absolute atomic E-state index is 0.296. The van der Waals surface area contributed by atoms with Crippen molar-refractivity contribution >= 4 is 5.97 Å². The summed E-state index contributed by atoms with van der Waals surface area (Å²) < 4.78 is 13.6. The van der Waals surface area contributed by atoms with E-state index in [2.05, 4.69) is 13.8 Å². The number of ether oxygens (including phenoxy) is 2. The van der Waals surface area contributed by atoms with Crippen LogP contribution in [0.4, 0.5) is 0 Å². The van der Waals surface area contributed by atoms with Gasteiger partial charge in [0.05, 0.1) is 5.56 Å². The molecule has 0 radical (unpaired) electrons. The number of carbonyl (C=O) groups is 1. The zero-order chi connectivity index (χ0) is 26.0. The van der Waals surface area contributed by atoms with Crippen LogP contribution in [0.15, 0.2) is 48.5 Å². The van der Waals surface area contributed by atoms with E-state index in [-0.39, 0.29) is 0 Å². The van der Waals surface area contributed by atoms with Crippen LogP contribution in [0.25, 0.3) is 11.1 Å². The quantitative estimate of drug-likeness (QED) is 0.193. The SMILES string of the molecule is CCCCCCn1nc(C(CCCC)(OC)OC)nc1Cc1ccc(-c2ccccc2C(=O)O)cc1. The summed E-state index contributed by atoms with van der Waals surface area (Å²) in [6, 6.07) is 15.1. The molecule has 3 rings (SSSR count). The Hall–Kier alpha value is -3.03. The van der Waals surface area contributed by atoms with Gasteiger partial charge in [-0.3, -0.25) is 0 Å². The molecule has 0 saturated heterocycles. The van der Waals surface area contributed by atoms with Crippen LogP contribution in [0.5, 0.6) is 0 Å². The first kappa shape index (κ1) is 27.6. The minimum atomic E-state index is -0.955. The third-order valence-electron chi connectivity index (χ3n) is 6.62. The van der Waals surface area contributed by atoms with E-state index in [1.54, 1.807) is 26.4 Å². The average Bonchev–Trinajstić information content (AvgIpc) is 3.30. The molecule has 0 unspecified atom stereocenters. The van der Waals surface area contributed by atoms with Gasteiger partial charge in [-0.2, -0.15) is 5.10 Å². The Balaban J connectivity index is 1.89. The normalized spacial score (nSPS) is 11.7. The summed E-state index contributed by atoms with van der Waals surface area (Å²) in [7, 11) is 3.29. The molecule has 0 aliphatic heterocycles. The van der Waals surface area contributed by atoms with Gasteiger partial charge in [0.1, 0.15) is 5.82 Å². The predicted octanol–water partition coefficient (Wildman–Crippen LogP) is 6.45. The van der Waals surface area contributed by atoms with E-state index in [0.29, 0.717) is 29.8 Å². The number of benzene rings is 2. The highest BCUT2D eigenvalue weighted by Crippen LogP contribution is 2.30. The molecule has 2 aromatic carbocycles. The Morgan fingerprint density at radius 1 is 0.944 bits per heavy atom. The van der Waals surface area contributed by atoms with Gasteiger partial charge < -0.3 is 14.6 Å². The van der Waals surface area contributed by atoms with E-state index >= 15 is 0 Å². The summed E-state index contributed by atoms with van der Waals surface area (Å²) in [5.41, 5.74) is 2.95. The second kappa shape index (κ2) is 13.3. The van der Waals surface area contributed by atoms with E-state index in [1.807, 2.05) is 41.1 Å². The Morgan fingerprint density at radius 2 is 1.64 bits per heavy atom. The first-order valence-corrected chi connectivity index (χ1v) is 12.9. The van der Waals surface area contributed by atoms with Crippen molar-refractivity contribution in [3.63, 3.8) is 0 Å². The van der Waals surface area contributed by atoms with Crippen molar-refractivity contribution in [1.29, 1.82) is 0 Å². The predicted molar refractivity (Wildman–Crippen MR) is 141 cm³/mol. The first-order chi connectivity index (χ1) is 17.5. The van der Waals surface area contributed by atoms with Gasteiger partial charge >= 0.3 is 5.97 Å². The highest BCUT2D eigenvalue weighted by atomic mass is 16.7. The van der Waals surface area contributed by atoms with Gasteiger partial charge in [0.2, 0.25) is 11.6 Å². The lowest BCUT2D eigenvalue weighted by molar-refractivity contribution is -0.226. The van der Waals surface area contributed by atoms with Gasteiger partial charge in [0.15, 0.2) is 0 Å². The minimum Gasteiger partial charge on any atom is -0.478 e. The highest BCUT2D eigenvalue weighted by molar-refractivity contribution is 5.95. The van der Waals surface area contributed by atoms with Crippen molar-refractivity contribution < 1.29 is 19.4 Å². The van der Waals surface area contributed by atoms with E-state index in [1.165, 1.54) is 12.8 Å². The highest BCUT2D eigenvalue weighted by Gasteiger charge is 2.37. The molecule has 0 bridgehead atoms. The van der Waals surface area contributed by atoms with Crippen LogP contribution in [0.3, 0.4) is 0 Å². The maximum Gasteiger partial charge on any atom is 0.336 e. The summed E-state index contributed by atoms with van der Waals surface area (Å²) >= 11 is 0. The van der Waals surface area contributed by atoms with Crippen LogP contribution in [0.1, 0.15) is 86.4 Å². The fourth-order valence-corrected chi connectivity index (χ4v) is 4.43. The lowest BCUT2D eigenvalue weighted by atomic mass is 9.98. The number of aromatic carboxylic acids is 1. The second-order valence-corrected chi connectivity index (χ2v) is 9.12. The maximum atomic E-state index is 11.6. The molecular formula is C29H39N3O4. The van der Waals surface area contributed by atoms with Crippen molar-refractivity contribution in [3.8, 4) is 11.1 Å². The number of carboxylic acids is 1. The number of aromatic nitrogens is 3. The lowest BCUT2D eigenvalue weighted by Gasteiger charge is -2.27. The largest absolute Gasteiger partial charge is 0.478 e. The molecule has 3 aromatic rings. The molecule has 1 heterocycles. The summed E-state index contributed by atoms with van der Waals surface area (Å²) in [5.74, 6) is -0.445. The van der Waals surface area contributed by atoms with Crippen LogP contribution >= 0.6 is 0 Å². The molecule has 0 saturated carbocycles. The standard InChI is InChI=1S/C29H39N3O4/c1-5-7-9-12-20-32-26(30-28(31-32)29(35-3,36-4)19-8-6-2)21-22-15-17-23(18-16-22)24-13-10-11-14-25(24)27(33)34/h10-11,13-18H,5-9,12,19-21H2,1-4H3,(H,33,34). The van der Waals surface area contributed by atoms with Crippen molar-refractivity contribution in [1.82, 2.24) is 14.8 Å². The number of aryl methyl sites for hydroxylation is 1. The number of methoxy groups -OCH3 is 2. The van der Waals surface area contributed by atoms with Crippen LogP contribution < -0.4 is 0 Å². The average molecular weight is 494 g/mol. The van der Waals surface area contributed by atoms with E-state index < -0.39 is 11.8 Å². The van der Waals surface area contributed by atoms with Crippen molar-refractivity contribution in [2.24, 2.45) is 0 Å². The van der Waals surface area contributed by atoms with Gasteiger partial charge in [-0.15, -0.1) is 0 Å². The summed E-state index contributed by atoms with van der Waals surface area (Å²) in [6.07, 6.45) is 7.84. The fourth-order valence-electron chi connectivity index (χ4n) is 4.43. The van der Waals surface area contributed by atoms with Crippen LogP contribution in [-0.4, -0.2) is 40.1 Å². The molecular weight excluding hydrogens is 454 g/mol. The van der Waals surface area contributed by atoms with Gasteiger partial charge in [-0.05, 0) is 35.6 Å². The van der Waals surface area contributed by atoms with Crippen molar-refractivity contribution in [3.05, 3.63) is 71.3 Å². The van der Waals surface area contributed by atoms with Crippen LogP contribution in [0.2, 0.25) is 0 Å². The van der Waals surface area contributed by atoms with Gasteiger partial charge in [-0.25, -0.2) is 14.5 Å². The fraction of sp³-hybridized carbons (Fsp3) is 0.483. The van der Waals surface area contributed by atoms with Crippen molar-refractivity contribution in [2.75, 3.05) is 14.2 Å². The van der Waals surface area contributed by atoms with Crippen LogP contribution in [-0.2, 0) is 28.2 Å². The Bertz CT molecular complexity index is 1100. The lowest BCUT2D eigenvalue weighted by Crippen LogP contribution is -2.32. The molecule has 0 atom stereocenters. The molecule has 0 fully saturated rings. The number of hydrogen-bond donors (Lipinski definition) is 1. The zero-order valence-corrected chi connectivity index (χ0v) is 22.0. The molecule has 1 aromatic heterocycles. The first-order valence-electron chi connectivity index (χ1n) is 12.9. The number of unbranched alkanes of at least 4 members (excludes halogenated alkanes) is 4. The Kier molecular flexibility index (Phi) is 10.2. The van der Waals surface area contributed by atoms with Gasteiger partial charge in [-0.1, -0.05) is 82.0 Å². The van der Waals surface area contributed by atoms with Crippen molar-refractivity contribution in [2.45, 2.75) is 77.5 Å². The van der Waals surface area contributed by atoms with E-state index in [0.717, 1.165) is 49.2 Å². The summed E-state index contributed by atoms with van der Waals surface area (Å²) in [4.78, 5) is 16.5. The Morgan fingerprint density at radius 3 is 2.28 bits per heavy atom.